The minimum Gasteiger partial charge on any atom is -0.492 e. The van der Waals surface area contributed by atoms with Gasteiger partial charge in [-0.15, -0.1) is 6.58 Å². The topological polar surface area (TPSA) is 156 Å². The predicted octanol–water partition coefficient (Wildman–Crippen LogP) is 4.78. The molecule has 50 heavy (non-hydrogen) atoms. The molecule has 0 bridgehead atoms. The van der Waals surface area contributed by atoms with Gasteiger partial charge in [0.05, 0.1) is 12.5 Å². The fourth-order valence-electron chi connectivity index (χ4n) is 7.24. The van der Waals surface area contributed by atoms with Gasteiger partial charge < -0.3 is 35.0 Å². The molecule has 4 aliphatic rings. The predicted molar refractivity (Wildman–Crippen MR) is 185 cm³/mol. The van der Waals surface area contributed by atoms with Crippen molar-refractivity contribution in [1.29, 1.82) is 0 Å². The third kappa shape index (κ3) is 7.20. The van der Waals surface area contributed by atoms with Crippen LogP contribution in [0.3, 0.4) is 0 Å². The number of carbonyl (C=O) groups excluding carboxylic acids is 3. The zero-order chi connectivity index (χ0) is 35.6. The van der Waals surface area contributed by atoms with Crippen LogP contribution in [0.4, 0.5) is 4.79 Å². The SMILES string of the molecule is C=C[C@@H]1C[C@@]1(NC(=O)[C@@H]1C[C@@H](O/N=C2\c3ccccc3OCC2c2ccccc2)CN1C(=O)[C@@H](NC(=O)OC1CCCC1)C(C)(C)C)C(=O)O. The van der Waals surface area contributed by atoms with Crippen LogP contribution in [-0.4, -0.2) is 82.6 Å². The number of likely N-dealkylation sites (tertiary alicyclic amines) is 1. The number of carbonyl (C=O) groups is 4. The van der Waals surface area contributed by atoms with Gasteiger partial charge in [-0.3, -0.25) is 9.59 Å². The molecule has 12 nitrogen and oxygen atoms in total. The number of rotatable bonds is 10. The summed E-state index contributed by atoms with van der Waals surface area (Å²) >= 11 is 0. The molecule has 1 unspecified atom stereocenters. The average molecular weight is 687 g/mol. The van der Waals surface area contributed by atoms with Crippen LogP contribution >= 0.6 is 0 Å². The molecular weight excluding hydrogens is 640 g/mol. The summed E-state index contributed by atoms with van der Waals surface area (Å²) in [6, 6.07) is 15.3. The number of aliphatic carboxylic acids is 1. The van der Waals surface area contributed by atoms with E-state index in [4.69, 9.17) is 14.3 Å². The summed E-state index contributed by atoms with van der Waals surface area (Å²) in [6.07, 6.45) is 3.67. The van der Waals surface area contributed by atoms with Crippen molar-refractivity contribution in [2.24, 2.45) is 16.5 Å². The average Bonchev–Trinajstić information content (AvgIpc) is 3.37. The molecule has 6 atom stereocenters. The van der Waals surface area contributed by atoms with Crippen molar-refractivity contribution in [3.63, 3.8) is 0 Å². The molecule has 6 rings (SSSR count). The Labute approximate surface area is 292 Å². The van der Waals surface area contributed by atoms with E-state index in [2.05, 4.69) is 22.4 Å². The fraction of sp³-hybridized carbons (Fsp3) is 0.500. The van der Waals surface area contributed by atoms with E-state index in [1.165, 1.54) is 11.0 Å². The highest BCUT2D eigenvalue weighted by molar-refractivity contribution is 6.07. The number of alkyl carbamates (subject to hydrolysis) is 1. The van der Waals surface area contributed by atoms with E-state index in [1.54, 1.807) is 0 Å². The maximum atomic E-state index is 14.4. The van der Waals surface area contributed by atoms with Gasteiger partial charge in [-0.05, 0) is 55.2 Å². The summed E-state index contributed by atoms with van der Waals surface area (Å²) in [5.41, 5.74) is 0.179. The second-order valence-corrected chi connectivity index (χ2v) is 14.8. The summed E-state index contributed by atoms with van der Waals surface area (Å²) in [5, 5.41) is 20.1. The van der Waals surface area contributed by atoms with Gasteiger partial charge >= 0.3 is 12.1 Å². The summed E-state index contributed by atoms with van der Waals surface area (Å²) in [4.78, 5) is 61.2. The van der Waals surface area contributed by atoms with Crippen molar-refractivity contribution >= 4 is 29.6 Å². The van der Waals surface area contributed by atoms with Crippen molar-refractivity contribution in [1.82, 2.24) is 15.5 Å². The summed E-state index contributed by atoms with van der Waals surface area (Å²) in [6.45, 7) is 9.51. The van der Waals surface area contributed by atoms with Gasteiger partial charge in [0.15, 0.2) is 0 Å². The number of oxime groups is 1. The third-order valence-corrected chi connectivity index (χ3v) is 10.2. The molecule has 0 spiro atoms. The van der Waals surface area contributed by atoms with Gasteiger partial charge in [0.1, 0.15) is 47.9 Å². The lowest BCUT2D eigenvalue weighted by Crippen LogP contribution is -2.59. The number of benzene rings is 2. The first-order valence-electron chi connectivity index (χ1n) is 17.4. The molecule has 266 valence electrons. The van der Waals surface area contributed by atoms with Crippen molar-refractivity contribution < 1.29 is 38.6 Å². The van der Waals surface area contributed by atoms with Gasteiger partial charge in [-0.1, -0.05) is 74.5 Å². The van der Waals surface area contributed by atoms with Crippen molar-refractivity contribution in [2.45, 2.75) is 95.0 Å². The molecule has 3 fully saturated rings. The number of ether oxygens (including phenoxy) is 2. The maximum Gasteiger partial charge on any atom is 0.408 e. The van der Waals surface area contributed by atoms with Crippen molar-refractivity contribution in [3.05, 3.63) is 78.4 Å². The van der Waals surface area contributed by atoms with Gasteiger partial charge in [-0.2, -0.15) is 0 Å². The summed E-state index contributed by atoms with van der Waals surface area (Å²) in [5.74, 6) is -2.29. The zero-order valence-corrected chi connectivity index (χ0v) is 28.8. The Bertz CT molecular complexity index is 1650. The second-order valence-electron chi connectivity index (χ2n) is 14.8. The first-order valence-corrected chi connectivity index (χ1v) is 17.4. The number of amides is 3. The van der Waals surface area contributed by atoms with Crippen molar-refractivity contribution in [3.8, 4) is 5.75 Å². The highest BCUT2D eigenvalue weighted by atomic mass is 16.6. The van der Waals surface area contributed by atoms with E-state index in [-0.39, 0.29) is 31.4 Å². The molecule has 2 heterocycles. The normalized spacial score (nSPS) is 27.4. The van der Waals surface area contributed by atoms with Gasteiger partial charge in [0, 0.05) is 17.9 Å². The second kappa shape index (κ2) is 14.2. The number of nitrogens with zero attached hydrogens (tertiary/aromatic N) is 2. The number of para-hydroxylation sites is 1. The molecule has 2 aromatic rings. The number of carboxylic acid groups (broad SMARTS) is 1. The zero-order valence-electron chi connectivity index (χ0n) is 28.8. The number of hydrogen-bond acceptors (Lipinski definition) is 8. The van der Waals surface area contributed by atoms with E-state index in [9.17, 15) is 24.3 Å². The molecule has 1 saturated heterocycles. The number of carboxylic acids is 1. The molecule has 2 saturated carbocycles. The monoisotopic (exact) mass is 686 g/mol. The molecule has 2 aromatic carbocycles. The van der Waals surface area contributed by atoms with Crippen molar-refractivity contribution in [2.75, 3.05) is 13.2 Å². The van der Waals surface area contributed by atoms with Crippen LogP contribution in [0.1, 0.15) is 76.3 Å². The highest BCUT2D eigenvalue weighted by Gasteiger charge is 2.61. The highest BCUT2D eigenvalue weighted by Crippen LogP contribution is 2.45. The van der Waals surface area contributed by atoms with Crippen LogP contribution in [0.15, 0.2) is 72.4 Å². The number of fused-ring (bicyclic) bond motifs is 1. The van der Waals surface area contributed by atoms with E-state index in [1.807, 2.05) is 75.4 Å². The van der Waals surface area contributed by atoms with Crippen LogP contribution in [0.2, 0.25) is 0 Å². The number of hydrogen-bond donors (Lipinski definition) is 3. The Hall–Kier alpha value is -4.87. The summed E-state index contributed by atoms with van der Waals surface area (Å²) < 4.78 is 11.7. The molecule has 0 radical (unpaired) electrons. The Kier molecular flexibility index (Phi) is 9.91. The standard InChI is InChI=1S/C38H46N4O8/c1-5-24-20-38(24,35(45)46)40-33(43)29-19-26(21-42(29)34(44)32(37(2,3)4)39-36(47)49-25-15-9-10-16-25)50-41-31-27-17-11-12-18-30(27)48-22-28(31)23-13-7-6-8-14-23/h5-8,11-14,17-18,24-26,28-29,32H,1,9-10,15-16,19-22H2,2-4H3,(H,39,47)(H,40,43)(H,45,46)/b41-31+/t24-,26-,28?,29+,32-,38+/m1/s1. The van der Waals surface area contributed by atoms with Crippen LogP contribution in [0.25, 0.3) is 0 Å². The van der Waals surface area contributed by atoms with E-state index in [0.29, 0.717) is 18.1 Å². The van der Waals surface area contributed by atoms with Crippen LogP contribution in [0, 0.1) is 11.3 Å². The third-order valence-electron chi connectivity index (χ3n) is 10.2. The summed E-state index contributed by atoms with van der Waals surface area (Å²) in [7, 11) is 0. The Balaban J connectivity index is 1.28. The molecule has 0 aromatic heterocycles. The lowest BCUT2D eigenvalue weighted by atomic mass is 9.85. The maximum absolute atomic E-state index is 14.4. The minimum atomic E-state index is -1.49. The largest absolute Gasteiger partial charge is 0.492 e. The van der Waals surface area contributed by atoms with E-state index < -0.39 is 58.9 Å². The first-order chi connectivity index (χ1) is 23.9. The van der Waals surface area contributed by atoms with Gasteiger partial charge in [-0.25, -0.2) is 9.59 Å². The lowest BCUT2D eigenvalue weighted by molar-refractivity contribution is -0.146. The lowest BCUT2D eigenvalue weighted by Gasteiger charge is -2.35. The molecule has 3 amide bonds. The minimum absolute atomic E-state index is 0.0151. The Morgan fingerprint density at radius 1 is 1.06 bits per heavy atom. The first kappa shape index (κ1) is 35.0. The molecule has 2 aliphatic carbocycles. The van der Waals surface area contributed by atoms with E-state index in [0.717, 1.165) is 36.8 Å². The van der Waals surface area contributed by atoms with Gasteiger partial charge in [0.2, 0.25) is 11.8 Å². The molecule has 3 N–H and O–H groups in total. The Morgan fingerprint density at radius 2 is 1.76 bits per heavy atom. The quantitative estimate of drug-likeness (QED) is 0.238. The van der Waals surface area contributed by atoms with E-state index >= 15 is 0 Å². The molecule has 12 heteroatoms. The van der Waals surface area contributed by atoms with Gasteiger partial charge in [0.25, 0.3) is 0 Å². The molecular formula is C38H46N4O8. The smallest absolute Gasteiger partial charge is 0.408 e. The van der Waals surface area contributed by atoms with Crippen LogP contribution in [-0.2, 0) is 24.0 Å². The number of nitrogens with one attached hydrogen (secondary N) is 2. The van der Waals surface area contributed by atoms with Crippen LogP contribution in [0.5, 0.6) is 5.75 Å². The Morgan fingerprint density at radius 3 is 2.42 bits per heavy atom. The fourth-order valence-corrected chi connectivity index (χ4v) is 7.24. The van der Waals surface area contributed by atoms with Crippen LogP contribution < -0.4 is 15.4 Å². The molecule has 2 aliphatic heterocycles.